The van der Waals surface area contributed by atoms with Gasteiger partial charge in [-0.1, -0.05) is 36.4 Å². The third-order valence-corrected chi connectivity index (χ3v) is 6.03. The van der Waals surface area contributed by atoms with Crippen LogP contribution in [-0.2, 0) is 4.74 Å². The largest absolute Gasteiger partial charge is 0.462 e. The molecule has 0 fully saturated rings. The summed E-state index contributed by atoms with van der Waals surface area (Å²) in [6.07, 6.45) is 0. The highest BCUT2D eigenvalue weighted by molar-refractivity contribution is 7.98. The van der Waals surface area contributed by atoms with Crippen molar-refractivity contribution in [2.45, 2.75) is 11.8 Å². The van der Waals surface area contributed by atoms with E-state index in [0.717, 1.165) is 22.5 Å². The molecule has 0 saturated carbocycles. The fourth-order valence-electron chi connectivity index (χ4n) is 3.42. The van der Waals surface area contributed by atoms with E-state index in [0.29, 0.717) is 34.7 Å². The molecule has 0 bridgehead atoms. The van der Waals surface area contributed by atoms with Crippen molar-refractivity contribution in [2.24, 2.45) is 0 Å². The van der Waals surface area contributed by atoms with E-state index in [9.17, 15) is 14.4 Å². The number of amides is 2. The van der Waals surface area contributed by atoms with Crippen LogP contribution in [0.2, 0.25) is 0 Å². The molecule has 7 nitrogen and oxygen atoms in total. The van der Waals surface area contributed by atoms with Gasteiger partial charge in [0.05, 0.1) is 23.4 Å². The van der Waals surface area contributed by atoms with E-state index in [1.54, 1.807) is 61.5 Å². The van der Waals surface area contributed by atoms with Crippen LogP contribution in [0.15, 0.2) is 108 Å². The fourth-order valence-corrected chi connectivity index (χ4v) is 4.02. The molecule has 0 radical (unpaired) electrons. The molecule has 4 rings (SSSR count). The standard InChI is InChI=1S/C29H25N3O4S/c1-2-36-29(35)20-13-16-24(17-14-20)37-32-27(33)21-15-18-26(30-22-9-5-3-6-10-22)25(19-21)28(34)31-23-11-7-4-8-12-23/h3-19,30H,2H2,1H3,(H,31,34)(H,32,33). The van der Waals surface area contributed by atoms with E-state index >= 15 is 0 Å². The molecule has 3 N–H and O–H groups in total. The van der Waals surface area contributed by atoms with Crippen LogP contribution in [0.5, 0.6) is 0 Å². The molecule has 0 aromatic heterocycles. The Labute approximate surface area is 219 Å². The number of anilines is 3. The second kappa shape index (κ2) is 12.4. The van der Waals surface area contributed by atoms with Crippen LogP contribution in [0.3, 0.4) is 0 Å². The molecular formula is C29H25N3O4S. The average Bonchev–Trinajstić information content (AvgIpc) is 2.93. The minimum atomic E-state index is -0.395. The summed E-state index contributed by atoms with van der Waals surface area (Å²) in [5, 5.41) is 6.13. The maximum atomic E-state index is 13.2. The van der Waals surface area contributed by atoms with Crippen LogP contribution in [0.25, 0.3) is 0 Å². The van der Waals surface area contributed by atoms with Crippen molar-refractivity contribution >= 4 is 46.8 Å². The Morgan fingerprint density at radius 2 is 1.35 bits per heavy atom. The Hall–Kier alpha value is -4.56. The zero-order chi connectivity index (χ0) is 26.0. The predicted octanol–water partition coefficient (Wildman–Crippen LogP) is 6.30. The minimum absolute atomic E-state index is 0.302. The number of benzene rings is 4. The van der Waals surface area contributed by atoms with Gasteiger partial charge in [0.2, 0.25) is 0 Å². The van der Waals surface area contributed by atoms with Crippen molar-refractivity contribution in [1.29, 1.82) is 0 Å². The lowest BCUT2D eigenvalue weighted by molar-refractivity contribution is 0.0526. The molecule has 0 atom stereocenters. The van der Waals surface area contributed by atoms with Crippen LogP contribution in [0.4, 0.5) is 17.1 Å². The summed E-state index contributed by atoms with van der Waals surface area (Å²) in [5.41, 5.74) is 3.12. The van der Waals surface area contributed by atoms with Gasteiger partial charge in [0.15, 0.2) is 0 Å². The summed E-state index contributed by atoms with van der Waals surface area (Å²) in [6, 6.07) is 30.3. The number of ether oxygens (including phenoxy) is 1. The van der Waals surface area contributed by atoms with E-state index in [1.807, 2.05) is 48.5 Å². The average molecular weight is 512 g/mol. The lowest BCUT2D eigenvalue weighted by Gasteiger charge is -2.14. The second-order valence-corrected chi connectivity index (χ2v) is 8.73. The van der Waals surface area contributed by atoms with Gasteiger partial charge in [-0.2, -0.15) is 0 Å². The smallest absolute Gasteiger partial charge is 0.338 e. The van der Waals surface area contributed by atoms with Crippen molar-refractivity contribution in [3.63, 3.8) is 0 Å². The maximum Gasteiger partial charge on any atom is 0.338 e. The first-order chi connectivity index (χ1) is 18.0. The Morgan fingerprint density at radius 1 is 0.730 bits per heavy atom. The quantitative estimate of drug-likeness (QED) is 0.180. The molecule has 2 amide bonds. The fraction of sp³-hybridized carbons (Fsp3) is 0.0690. The molecule has 0 unspecified atom stereocenters. The van der Waals surface area contributed by atoms with Crippen LogP contribution < -0.4 is 15.4 Å². The number of para-hydroxylation sites is 2. The molecule has 37 heavy (non-hydrogen) atoms. The maximum absolute atomic E-state index is 13.2. The van der Waals surface area contributed by atoms with Gasteiger partial charge in [-0.05, 0) is 85.6 Å². The van der Waals surface area contributed by atoms with Gasteiger partial charge in [0.1, 0.15) is 0 Å². The first-order valence-electron chi connectivity index (χ1n) is 11.6. The predicted molar refractivity (Wildman–Crippen MR) is 146 cm³/mol. The van der Waals surface area contributed by atoms with E-state index in [1.165, 1.54) is 0 Å². The van der Waals surface area contributed by atoms with Crippen molar-refractivity contribution in [1.82, 2.24) is 4.72 Å². The normalized spacial score (nSPS) is 10.3. The zero-order valence-corrected chi connectivity index (χ0v) is 20.9. The van der Waals surface area contributed by atoms with E-state index in [4.69, 9.17) is 4.74 Å². The summed E-state index contributed by atoms with van der Waals surface area (Å²) in [5.74, 6) is -1.10. The minimum Gasteiger partial charge on any atom is -0.462 e. The zero-order valence-electron chi connectivity index (χ0n) is 20.1. The van der Waals surface area contributed by atoms with Gasteiger partial charge in [-0.3, -0.25) is 14.3 Å². The third-order valence-electron chi connectivity index (χ3n) is 5.24. The highest BCUT2D eigenvalue weighted by Gasteiger charge is 2.17. The lowest BCUT2D eigenvalue weighted by Crippen LogP contribution is -2.19. The van der Waals surface area contributed by atoms with Gasteiger partial charge in [-0.25, -0.2) is 4.79 Å². The second-order valence-electron chi connectivity index (χ2n) is 7.85. The Balaban J connectivity index is 1.51. The molecule has 0 saturated heterocycles. The summed E-state index contributed by atoms with van der Waals surface area (Å²) in [7, 11) is 0. The monoisotopic (exact) mass is 511 g/mol. The number of hydrogen-bond donors (Lipinski definition) is 3. The molecule has 0 spiro atoms. The van der Waals surface area contributed by atoms with Crippen molar-refractivity contribution < 1.29 is 19.1 Å². The Bertz CT molecular complexity index is 1380. The molecule has 0 aliphatic rings. The lowest BCUT2D eigenvalue weighted by atomic mass is 10.1. The summed E-state index contributed by atoms with van der Waals surface area (Å²) >= 11 is 1.11. The number of esters is 1. The van der Waals surface area contributed by atoms with Crippen molar-refractivity contribution in [3.05, 3.63) is 120 Å². The van der Waals surface area contributed by atoms with E-state index in [2.05, 4.69) is 15.4 Å². The summed E-state index contributed by atoms with van der Waals surface area (Å²) < 4.78 is 7.77. The molecular weight excluding hydrogens is 486 g/mol. The van der Waals surface area contributed by atoms with E-state index in [-0.39, 0.29) is 11.8 Å². The number of nitrogens with one attached hydrogen (secondary N) is 3. The SMILES string of the molecule is CCOC(=O)c1ccc(SNC(=O)c2ccc(Nc3ccccc3)c(C(=O)Nc3ccccc3)c2)cc1. The molecule has 4 aromatic carbocycles. The number of rotatable bonds is 9. The van der Waals surface area contributed by atoms with Gasteiger partial charge >= 0.3 is 5.97 Å². The first-order valence-corrected chi connectivity index (χ1v) is 12.4. The van der Waals surface area contributed by atoms with Gasteiger partial charge in [-0.15, -0.1) is 0 Å². The Kier molecular flexibility index (Phi) is 8.57. The van der Waals surface area contributed by atoms with Crippen LogP contribution in [-0.4, -0.2) is 24.4 Å². The summed E-state index contributed by atoms with van der Waals surface area (Å²) in [4.78, 5) is 38.7. The number of hydrogen-bond acceptors (Lipinski definition) is 6. The van der Waals surface area contributed by atoms with Crippen molar-refractivity contribution in [2.75, 3.05) is 17.2 Å². The van der Waals surface area contributed by atoms with E-state index < -0.39 is 5.97 Å². The topological polar surface area (TPSA) is 96.5 Å². The Morgan fingerprint density at radius 3 is 2.00 bits per heavy atom. The molecule has 0 aliphatic carbocycles. The molecule has 186 valence electrons. The van der Waals surface area contributed by atoms with Crippen LogP contribution in [0, 0.1) is 0 Å². The van der Waals surface area contributed by atoms with Gasteiger partial charge in [0.25, 0.3) is 11.8 Å². The third kappa shape index (κ3) is 6.99. The highest BCUT2D eigenvalue weighted by Crippen LogP contribution is 2.25. The molecule has 8 heteroatoms. The van der Waals surface area contributed by atoms with Crippen LogP contribution in [0.1, 0.15) is 38.0 Å². The highest BCUT2D eigenvalue weighted by atomic mass is 32.2. The van der Waals surface area contributed by atoms with Crippen LogP contribution >= 0.6 is 11.9 Å². The summed E-state index contributed by atoms with van der Waals surface area (Å²) in [6.45, 7) is 2.05. The number of carbonyl (C=O) groups excluding carboxylic acids is 3. The molecule has 0 aliphatic heterocycles. The first kappa shape index (κ1) is 25.5. The van der Waals surface area contributed by atoms with Crippen molar-refractivity contribution in [3.8, 4) is 0 Å². The molecule has 4 aromatic rings. The number of carbonyl (C=O) groups is 3. The van der Waals surface area contributed by atoms with Gasteiger partial charge < -0.3 is 15.4 Å². The molecule has 0 heterocycles. The van der Waals surface area contributed by atoms with Gasteiger partial charge in [0, 0.05) is 21.8 Å².